The lowest BCUT2D eigenvalue weighted by molar-refractivity contribution is 0.413. The number of nitrogens with one attached hydrogen (secondary N) is 1. The molecule has 34 heavy (non-hydrogen) atoms. The molecule has 0 saturated heterocycles. The number of methoxy groups -OCH3 is 1. The summed E-state index contributed by atoms with van der Waals surface area (Å²) in [4.78, 5) is 2.80. The minimum Gasteiger partial charge on any atom is -0.495 e. The van der Waals surface area contributed by atoms with Crippen LogP contribution in [-0.2, 0) is 16.4 Å². The van der Waals surface area contributed by atoms with Gasteiger partial charge in [0.05, 0.1) is 23.4 Å². The van der Waals surface area contributed by atoms with Crippen LogP contribution in [0.15, 0.2) is 60.0 Å². The number of hydrogen-bond acceptors (Lipinski definition) is 7. The lowest BCUT2D eigenvalue weighted by atomic mass is 10.2. The first-order valence-electron chi connectivity index (χ1n) is 10.4. The van der Waals surface area contributed by atoms with Crippen molar-refractivity contribution < 1.29 is 13.2 Å². The molecular weight excluding hydrogens is 494 g/mol. The zero-order valence-corrected chi connectivity index (χ0v) is 21.3. The SMILES string of the molecule is COc1ccc(N(C)C)cc1-n1c(NS(=O)(=O)CCc2ccc(Cl)cc2)nnc1-c1cccs1. The largest absolute Gasteiger partial charge is 0.495 e. The summed E-state index contributed by atoms with van der Waals surface area (Å²) in [6, 6.07) is 16.6. The second kappa shape index (κ2) is 10.0. The second-order valence-corrected chi connectivity index (χ2v) is 10.9. The van der Waals surface area contributed by atoms with Gasteiger partial charge in [0.2, 0.25) is 16.0 Å². The zero-order valence-electron chi connectivity index (χ0n) is 18.9. The topological polar surface area (TPSA) is 89.4 Å². The molecule has 4 rings (SSSR count). The highest BCUT2D eigenvalue weighted by atomic mass is 35.5. The van der Waals surface area contributed by atoms with Crippen LogP contribution in [0.1, 0.15) is 5.56 Å². The maximum atomic E-state index is 13.0. The number of halogens is 1. The van der Waals surface area contributed by atoms with E-state index in [1.807, 2.05) is 66.8 Å². The molecule has 0 radical (unpaired) electrons. The van der Waals surface area contributed by atoms with Crippen molar-refractivity contribution in [3.8, 4) is 22.1 Å². The third kappa shape index (κ3) is 5.35. The maximum absolute atomic E-state index is 13.0. The van der Waals surface area contributed by atoms with Crippen molar-refractivity contribution in [1.29, 1.82) is 0 Å². The molecule has 0 fully saturated rings. The van der Waals surface area contributed by atoms with Crippen LogP contribution < -0.4 is 14.4 Å². The Bertz CT molecular complexity index is 1370. The fraction of sp³-hybridized carbons (Fsp3) is 0.217. The summed E-state index contributed by atoms with van der Waals surface area (Å²) in [6.45, 7) is 0. The first kappa shape index (κ1) is 24.1. The van der Waals surface area contributed by atoms with E-state index in [1.165, 1.54) is 11.3 Å². The van der Waals surface area contributed by atoms with E-state index < -0.39 is 10.0 Å². The van der Waals surface area contributed by atoms with Crippen molar-refractivity contribution in [3.05, 3.63) is 70.6 Å². The van der Waals surface area contributed by atoms with Crippen LogP contribution in [0, 0.1) is 0 Å². The van der Waals surface area contributed by atoms with Gasteiger partial charge in [0.15, 0.2) is 5.82 Å². The minimum absolute atomic E-state index is 0.0914. The standard InChI is InChI=1S/C23H24ClN5O3S2/c1-28(2)18-10-11-20(32-3)19(15-18)29-22(21-5-4-13-33-21)25-26-23(29)27-34(30,31)14-12-16-6-8-17(24)9-7-16/h4-11,13,15H,12,14H2,1-3H3,(H,26,27). The Kier molecular flexibility index (Phi) is 7.11. The van der Waals surface area contributed by atoms with Gasteiger partial charge in [-0.3, -0.25) is 9.29 Å². The lowest BCUT2D eigenvalue weighted by Gasteiger charge is -2.18. The third-order valence-corrected chi connectivity index (χ3v) is 7.50. The number of nitrogens with zero attached hydrogens (tertiary/aromatic N) is 4. The van der Waals surface area contributed by atoms with E-state index in [0.29, 0.717) is 28.7 Å². The normalized spacial score (nSPS) is 11.4. The molecule has 0 aliphatic rings. The van der Waals surface area contributed by atoms with E-state index in [9.17, 15) is 8.42 Å². The lowest BCUT2D eigenvalue weighted by Crippen LogP contribution is -2.21. The van der Waals surface area contributed by atoms with Crippen LogP contribution >= 0.6 is 22.9 Å². The highest BCUT2D eigenvalue weighted by Crippen LogP contribution is 2.35. The van der Waals surface area contributed by atoms with Crippen LogP contribution in [0.4, 0.5) is 11.6 Å². The molecule has 1 N–H and O–H groups in total. The van der Waals surface area contributed by atoms with Crippen molar-refractivity contribution in [2.24, 2.45) is 0 Å². The van der Waals surface area contributed by atoms with Crippen molar-refractivity contribution in [1.82, 2.24) is 14.8 Å². The zero-order chi connectivity index (χ0) is 24.3. The Balaban J connectivity index is 1.73. The fourth-order valence-electron chi connectivity index (χ4n) is 3.37. The Hall–Kier alpha value is -3.08. The molecule has 0 unspecified atom stereocenters. The summed E-state index contributed by atoms with van der Waals surface area (Å²) in [5.74, 6) is 1.04. The van der Waals surface area contributed by atoms with Gasteiger partial charge in [-0.25, -0.2) is 8.42 Å². The van der Waals surface area contributed by atoms with Gasteiger partial charge >= 0.3 is 0 Å². The number of ether oxygens (including phenoxy) is 1. The summed E-state index contributed by atoms with van der Waals surface area (Å²) >= 11 is 7.41. The van der Waals surface area contributed by atoms with Crippen LogP contribution in [0.25, 0.3) is 16.4 Å². The van der Waals surface area contributed by atoms with Crippen LogP contribution in [0.3, 0.4) is 0 Å². The number of aromatic nitrogens is 3. The fourth-order valence-corrected chi connectivity index (χ4v) is 5.21. The molecule has 2 heterocycles. The average Bonchev–Trinajstić information content (AvgIpc) is 3.48. The second-order valence-electron chi connectivity index (χ2n) is 7.71. The number of thiophene rings is 1. The molecule has 0 aliphatic carbocycles. The van der Waals surface area contributed by atoms with E-state index in [-0.39, 0.29) is 11.7 Å². The van der Waals surface area contributed by atoms with Crippen molar-refractivity contribution in [3.63, 3.8) is 0 Å². The molecule has 2 aromatic heterocycles. The summed E-state index contributed by atoms with van der Waals surface area (Å²) in [7, 11) is 1.70. The number of aryl methyl sites for hydroxylation is 1. The molecule has 0 amide bonds. The highest BCUT2D eigenvalue weighted by Gasteiger charge is 2.23. The summed E-state index contributed by atoms with van der Waals surface area (Å²) in [5.41, 5.74) is 2.41. The molecule has 0 saturated carbocycles. The molecule has 11 heteroatoms. The van der Waals surface area contributed by atoms with Gasteiger partial charge in [0, 0.05) is 24.8 Å². The maximum Gasteiger partial charge on any atom is 0.243 e. The quantitative estimate of drug-likeness (QED) is 0.346. The third-order valence-electron chi connectivity index (χ3n) is 5.14. The molecule has 2 aromatic carbocycles. The summed E-state index contributed by atoms with van der Waals surface area (Å²) in [6.07, 6.45) is 0.331. The van der Waals surface area contributed by atoms with Gasteiger partial charge in [-0.05, 0) is 53.8 Å². The van der Waals surface area contributed by atoms with E-state index in [4.69, 9.17) is 16.3 Å². The van der Waals surface area contributed by atoms with Crippen LogP contribution in [0.5, 0.6) is 5.75 Å². The van der Waals surface area contributed by atoms with Gasteiger partial charge < -0.3 is 9.64 Å². The Morgan fingerprint density at radius 1 is 1.12 bits per heavy atom. The van der Waals surface area contributed by atoms with Crippen molar-refractivity contribution >= 4 is 44.6 Å². The number of sulfonamides is 1. The molecule has 0 bridgehead atoms. The first-order chi connectivity index (χ1) is 16.3. The van der Waals surface area contributed by atoms with Gasteiger partial charge in [-0.2, -0.15) is 0 Å². The molecule has 4 aromatic rings. The van der Waals surface area contributed by atoms with Gasteiger partial charge in [-0.15, -0.1) is 21.5 Å². The average molecular weight is 518 g/mol. The van der Waals surface area contributed by atoms with E-state index in [1.54, 1.807) is 23.8 Å². The molecule has 0 atom stereocenters. The smallest absolute Gasteiger partial charge is 0.243 e. The van der Waals surface area contributed by atoms with Crippen LogP contribution in [0.2, 0.25) is 5.02 Å². The Labute approximate surface area is 207 Å². The van der Waals surface area contributed by atoms with Crippen molar-refractivity contribution in [2.45, 2.75) is 6.42 Å². The summed E-state index contributed by atoms with van der Waals surface area (Å²) < 4.78 is 35.9. The highest BCUT2D eigenvalue weighted by molar-refractivity contribution is 7.92. The van der Waals surface area contributed by atoms with Crippen LogP contribution in [-0.4, -0.2) is 50.1 Å². The number of hydrogen-bond donors (Lipinski definition) is 1. The van der Waals surface area contributed by atoms with E-state index in [2.05, 4.69) is 14.9 Å². The predicted octanol–water partition coefficient (Wildman–Crippen LogP) is 4.71. The number of benzene rings is 2. The van der Waals surface area contributed by atoms with E-state index >= 15 is 0 Å². The summed E-state index contributed by atoms with van der Waals surface area (Å²) in [5, 5.41) is 11.0. The minimum atomic E-state index is -3.73. The van der Waals surface area contributed by atoms with Crippen molar-refractivity contribution in [2.75, 3.05) is 36.6 Å². The Morgan fingerprint density at radius 3 is 2.53 bits per heavy atom. The number of anilines is 2. The molecule has 0 spiro atoms. The molecule has 0 aliphatic heterocycles. The Morgan fingerprint density at radius 2 is 1.88 bits per heavy atom. The monoisotopic (exact) mass is 517 g/mol. The van der Waals surface area contributed by atoms with E-state index in [0.717, 1.165) is 16.1 Å². The molecule has 178 valence electrons. The van der Waals surface area contributed by atoms with Gasteiger partial charge in [-0.1, -0.05) is 29.8 Å². The molecule has 8 nitrogen and oxygen atoms in total. The first-order valence-corrected chi connectivity index (χ1v) is 13.3. The number of rotatable bonds is 9. The van der Waals surface area contributed by atoms with Gasteiger partial charge in [0.25, 0.3) is 0 Å². The van der Waals surface area contributed by atoms with Gasteiger partial charge in [0.1, 0.15) is 5.75 Å². The predicted molar refractivity (Wildman–Crippen MR) is 138 cm³/mol. The molecular formula is C23H24ClN5O3S2.